The van der Waals surface area contributed by atoms with E-state index in [-0.39, 0.29) is 0 Å². The number of nitrogens with one attached hydrogen (secondary N) is 1. The number of ether oxygens (including phenoxy) is 1. The van der Waals surface area contributed by atoms with Crippen molar-refractivity contribution in [3.05, 3.63) is 35.9 Å². The van der Waals surface area contributed by atoms with Crippen LogP contribution in [0.25, 0.3) is 0 Å². The first kappa shape index (κ1) is 10.3. The van der Waals surface area contributed by atoms with Gasteiger partial charge in [-0.1, -0.05) is 30.3 Å². The molecule has 0 bridgehead atoms. The maximum absolute atomic E-state index is 10.4. The Hall–Kier alpha value is -1.19. The van der Waals surface area contributed by atoms with Crippen molar-refractivity contribution in [2.75, 3.05) is 6.61 Å². The third-order valence-electron chi connectivity index (χ3n) is 2.62. The number of benzene rings is 1. The summed E-state index contributed by atoms with van der Waals surface area (Å²) < 4.78 is 5.22. The fourth-order valence-electron chi connectivity index (χ4n) is 1.78. The molecule has 0 amide bonds. The summed E-state index contributed by atoms with van der Waals surface area (Å²) in [6.45, 7) is 0.635. The maximum Gasteiger partial charge on any atom is 0.164 e. The highest BCUT2D eigenvalue weighted by atomic mass is 16.5. The summed E-state index contributed by atoms with van der Waals surface area (Å²) in [5, 5.41) is 3.12. The molecule has 0 aromatic heterocycles. The summed E-state index contributed by atoms with van der Waals surface area (Å²) in [4.78, 5) is 10.4. The largest absolute Gasteiger partial charge is 0.355 e. The number of aryl methyl sites for hydroxylation is 1. The molecule has 3 nitrogen and oxygen atoms in total. The molecule has 1 saturated heterocycles. The molecule has 1 aliphatic rings. The average Bonchev–Trinajstić information content (AvgIpc) is 2.76. The van der Waals surface area contributed by atoms with Crippen LogP contribution in [0.15, 0.2) is 30.3 Å². The van der Waals surface area contributed by atoms with Crippen LogP contribution in [0.2, 0.25) is 0 Å². The van der Waals surface area contributed by atoms with Gasteiger partial charge in [0.05, 0.1) is 6.61 Å². The number of rotatable bonds is 4. The summed E-state index contributed by atoms with van der Waals surface area (Å²) in [5.74, 6) is 0. The minimum atomic E-state index is -0.397. The second kappa shape index (κ2) is 5.05. The van der Waals surface area contributed by atoms with Gasteiger partial charge in [-0.2, -0.15) is 0 Å². The molecule has 1 N–H and O–H groups in total. The van der Waals surface area contributed by atoms with E-state index in [1.165, 1.54) is 5.56 Å². The summed E-state index contributed by atoms with van der Waals surface area (Å²) in [7, 11) is 0. The van der Waals surface area contributed by atoms with Gasteiger partial charge in [-0.25, -0.2) is 0 Å². The topological polar surface area (TPSA) is 38.3 Å². The molecule has 0 aliphatic carbocycles. The molecule has 1 aromatic carbocycles. The Morgan fingerprint density at radius 3 is 2.87 bits per heavy atom. The van der Waals surface area contributed by atoms with Gasteiger partial charge in [0, 0.05) is 6.04 Å². The first-order valence-corrected chi connectivity index (χ1v) is 5.25. The quantitative estimate of drug-likeness (QED) is 0.749. The Kier molecular flexibility index (Phi) is 3.48. The predicted molar refractivity (Wildman–Crippen MR) is 57.5 cm³/mol. The molecule has 3 heteroatoms. The van der Waals surface area contributed by atoms with Crippen molar-refractivity contribution < 1.29 is 9.53 Å². The van der Waals surface area contributed by atoms with E-state index in [4.69, 9.17) is 4.74 Å². The molecule has 0 saturated carbocycles. The van der Waals surface area contributed by atoms with Crippen LogP contribution in [0.3, 0.4) is 0 Å². The van der Waals surface area contributed by atoms with Crippen LogP contribution in [0, 0.1) is 0 Å². The molecule has 1 heterocycles. The Labute approximate surface area is 89.4 Å². The number of aldehydes is 1. The second-order valence-electron chi connectivity index (χ2n) is 3.78. The lowest BCUT2D eigenvalue weighted by Gasteiger charge is -2.08. The minimum Gasteiger partial charge on any atom is -0.355 e. The third-order valence-corrected chi connectivity index (χ3v) is 2.62. The molecule has 0 spiro atoms. The highest BCUT2D eigenvalue weighted by Gasteiger charge is 2.22. The van der Waals surface area contributed by atoms with Crippen LogP contribution < -0.4 is 5.32 Å². The van der Waals surface area contributed by atoms with E-state index in [9.17, 15) is 4.79 Å². The monoisotopic (exact) mass is 205 g/mol. The number of hydrogen-bond donors (Lipinski definition) is 1. The first-order chi connectivity index (χ1) is 7.38. The lowest BCUT2D eigenvalue weighted by molar-refractivity contribution is -0.116. The molecule has 0 radical (unpaired) electrons. The van der Waals surface area contributed by atoms with Gasteiger partial charge in [0.1, 0.15) is 0 Å². The maximum atomic E-state index is 10.4. The lowest BCUT2D eigenvalue weighted by Crippen LogP contribution is -2.31. The summed E-state index contributed by atoms with van der Waals surface area (Å²) in [6, 6.07) is 10.6. The Morgan fingerprint density at radius 1 is 1.40 bits per heavy atom. The van der Waals surface area contributed by atoms with Crippen LogP contribution in [0.4, 0.5) is 0 Å². The highest BCUT2D eigenvalue weighted by Crippen LogP contribution is 2.09. The predicted octanol–water partition coefficient (Wildman–Crippen LogP) is 1.13. The number of carbonyl (C=O) groups is 1. The fraction of sp³-hybridized carbons (Fsp3) is 0.417. The van der Waals surface area contributed by atoms with Crippen LogP contribution >= 0.6 is 0 Å². The van der Waals surface area contributed by atoms with Gasteiger partial charge >= 0.3 is 0 Å². The SMILES string of the molecule is O=CC1N[C@@H](CCc2ccccc2)CO1. The van der Waals surface area contributed by atoms with E-state index in [0.717, 1.165) is 19.1 Å². The third kappa shape index (κ3) is 2.88. The molecular weight excluding hydrogens is 190 g/mol. The zero-order chi connectivity index (χ0) is 10.5. The Morgan fingerprint density at radius 2 is 2.20 bits per heavy atom. The van der Waals surface area contributed by atoms with Gasteiger partial charge in [0.15, 0.2) is 12.5 Å². The van der Waals surface area contributed by atoms with E-state index < -0.39 is 6.23 Å². The van der Waals surface area contributed by atoms with E-state index in [1.54, 1.807) is 0 Å². The summed E-state index contributed by atoms with van der Waals surface area (Å²) in [6.07, 6.45) is 2.44. The molecule has 80 valence electrons. The summed E-state index contributed by atoms with van der Waals surface area (Å²) >= 11 is 0. The number of carbonyl (C=O) groups excluding carboxylic acids is 1. The van der Waals surface area contributed by atoms with Crippen molar-refractivity contribution in [2.45, 2.75) is 25.1 Å². The molecule has 2 atom stereocenters. The van der Waals surface area contributed by atoms with Gasteiger partial charge in [0.25, 0.3) is 0 Å². The molecule has 1 fully saturated rings. The zero-order valence-corrected chi connectivity index (χ0v) is 8.56. The van der Waals surface area contributed by atoms with Crippen molar-refractivity contribution in [2.24, 2.45) is 0 Å². The molecular formula is C12H15NO2. The van der Waals surface area contributed by atoms with Crippen molar-refractivity contribution in [1.82, 2.24) is 5.32 Å². The smallest absolute Gasteiger partial charge is 0.164 e. The van der Waals surface area contributed by atoms with Crippen molar-refractivity contribution in [3.8, 4) is 0 Å². The normalized spacial score (nSPS) is 25.3. The van der Waals surface area contributed by atoms with Crippen LogP contribution in [0.5, 0.6) is 0 Å². The zero-order valence-electron chi connectivity index (χ0n) is 8.56. The van der Waals surface area contributed by atoms with Gasteiger partial charge in [-0.15, -0.1) is 0 Å². The van der Waals surface area contributed by atoms with Crippen LogP contribution in [-0.4, -0.2) is 25.2 Å². The van der Waals surface area contributed by atoms with Crippen molar-refractivity contribution >= 4 is 6.29 Å². The van der Waals surface area contributed by atoms with Crippen molar-refractivity contribution in [3.63, 3.8) is 0 Å². The molecule has 1 aromatic rings. The molecule has 1 unspecified atom stereocenters. The first-order valence-electron chi connectivity index (χ1n) is 5.25. The van der Waals surface area contributed by atoms with Gasteiger partial charge in [0.2, 0.25) is 0 Å². The number of hydrogen-bond acceptors (Lipinski definition) is 3. The fourth-order valence-corrected chi connectivity index (χ4v) is 1.78. The van der Waals surface area contributed by atoms with E-state index >= 15 is 0 Å². The van der Waals surface area contributed by atoms with Gasteiger partial charge < -0.3 is 4.74 Å². The Bertz CT molecular complexity index is 313. The lowest BCUT2D eigenvalue weighted by atomic mass is 10.1. The second-order valence-corrected chi connectivity index (χ2v) is 3.78. The minimum absolute atomic E-state index is 0.306. The van der Waals surface area contributed by atoms with Crippen molar-refractivity contribution in [1.29, 1.82) is 0 Å². The molecule has 1 aliphatic heterocycles. The van der Waals surface area contributed by atoms with E-state index in [0.29, 0.717) is 12.6 Å². The van der Waals surface area contributed by atoms with Gasteiger partial charge in [-0.05, 0) is 18.4 Å². The molecule has 15 heavy (non-hydrogen) atoms. The van der Waals surface area contributed by atoms with Crippen LogP contribution in [0.1, 0.15) is 12.0 Å². The highest BCUT2D eigenvalue weighted by molar-refractivity contribution is 5.55. The summed E-state index contributed by atoms with van der Waals surface area (Å²) in [5.41, 5.74) is 1.33. The van der Waals surface area contributed by atoms with E-state index in [2.05, 4.69) is 17.4 Å². The van der Waals surface area contributed by atoms with Gasteiger partial charge in [-0.3, -0.25) is 10.1 Å². The van der Waals surface area contributed by atoms with E-state index in [1.807, 2.05) is 18.2 Å². The standard InChI is InChI=1S/C12H15NO2/c14-8-12-13-11(9-15-12)7-6-10-4-2-1-3-5-10/h1-5,8,11-13H,6-7,9H2/t11-,12?/m0/s1. The average molecular weight is 205 g/mol. The Balaban J connectivity index is 1.77. The van der Waals surface area contributed by atoms with Crippen LogP contribution in [-0.2, 0) is 16.0 Å². The molecule has 2 rings (SSSR count).